The Hall–Kier alpha value is -3.16. The van der Waals surface area contributed by atoms with E-state index >= 15 is 0 Å². The number of likely N-dealkylation sites (tertiary alicyclic amines) is 1. The summed E-state index contributed by atoms with van der Waals surface area (Å²) < 4.78 is 46.3. The number of halogens is 3. The van der Waals surface area contributed by atoms with Gasteiger partial charge < -0.3 is 4.74 Å². The molecule has 2 aromatic carbocycles. The van der Waals surface area contributed by atoms with Crippen LogP contribution in [-0.4, -0.2) is 42.4 Å². The van der Waals surface area contributed by atoms with E-state index in [2.05, 4.69) is 4.90 Å². The highest BCUT2D eigenvalue weighted by molar-refractivity contribution is 5.90. The fourth-order valence-corrected chi connectivity index (χ4v) is 5.04. The number of piperidine rings is 1. The first-order chi connectivity index (χ1) is 16.7. The number of carbonyl (C=O) groups excluding carboxylic acids is 3. The number of alkyl halides is 3. The van der Waals surface area contributed by atoms with Gasteiger partial charge in [-0.15, -0.1) is 0 Å². The van der Waals surface area contributed by atoms with Gasteiger partial charge in [-0.3, -0.25) is 9.80 Å². The summed E-state index contributed by atoms with van der Waals surface area (Å²) in [5, 5.41) is 0. The molecule has 186 valence electrons. The van der Waals surface area contributed by atoms with Gasteiger partial charge in [-0.1, -0.05) is 24.3 Å². The molecule has 0 aromatic heterocycles. The van der Waals surface area contributed by atoms with Gasteiger partial charge in [0.05, 0.1) is 12.1 Å². The predicted molar refractivity (Wildman–Crippen MR) is 121 cm³/mol. The summed E-state index contributed by atoms with van der Waals surface area (Å²) in [4.78, 5) is 32.6. The molecule has 5 rings (SSSR count). The maximum absolute atomic E-state index is 13.5. The second-order valence-corrected chi connectivity index (χ2v) is 9.47. The van der Waals surface area contributed by atoms with Crippen LogP contribution in [0.3, 0.4) is 0 Å². The van der Waals surface area contributed by atoms with Crippen molar-refractivity contribution >= 4 is 17.9 Å². The van der Waals surface area contributed by atoms with E-state index in [4.69, 9.17) is 14.3 Å². The van der Waals surface area contributed by atoms with Gasteiger partial charge in [0.2, 0.25) is 0 Å². The maximum atomic E-state index is 13.5. The highest BCUT2D eigenvalue weighted by atomic mass is 19.4. The van der Waals surface area contributed by atoms with Crippen molar-refractivity contribution < 1.29 is 32.3 Å². The van der Waals surface area contributed by atoms with E-state index in [1.54, 1.807) is 17.9 Å². The molecule has 3 aliphatic rings. The number of hydrogen-bond acceptors (Lipinski definition) is 5. The summed E-state index contributed by atoms with van der Waals surface area (Å²) in [7, 11) is 0. The Labute approximate surface area is 201 Å². The average Bonchev–Trinajstić information content (AvgIpc) is 3.61. The van der Waals surface area contributed by atoms with E-state index in [-0.39, 0.29) is 12.2 Å². The van der Waals surface area contributed by atoms with Crippen LogP contribution < -0.4 is 4.90 Å². The number of benzene rings is 2. The van der Waals surface area contributed by atoms with Gasteiger partial charge in [-0.2, -0.15) is 22.8 Å². The Kier molecular flexibility index (Phi) is 7.01. The molecule has 2 saturated heterocycles. The van der Waals surface area contributed by atoms with Crippen LogP contribution in [0.5, 0.6) is 0 Å². The molecule has 1 spiro atoms. The van der Waals surface area contributed by atoms with Gasteiger partial charge in [0.25, 0.3) is 0 Å². The van der Waals surface area contributed by atoms with Crippen LogP contribution in [-0.2, 0) is 27.0 Å². The van der Waals surface area contributed by atoms with Gasteiger partial charge in [0.1, 0.15) is 5.60 Å². The van der Waals surface area contributed by atoms with E-state index in [0.29, 0.717) is 50.5 Å². The van der Waals surface area contributed by atoms with Crippen molar-refractivity contribution in [2.45, 2.75) is 56.8 Å². The molecule has 6 nitrogen and oxygen atoms in total. The zero-order chi connectivity index (χ0) is 25.2. The number of para-hydroxylation sites is 1. The molecule has 0 atom stereocenters. The first-order valence-corrected chi connectivity index (χ1v) is 11.6. The topological polar surface area (TPSA) is 66.9 Å². The van der Waals surface area contributed by atoms with E-state index in [0.717, 1.165) is 29.7 Å². The Morgan fingerprint density at radius 2 is 1.71 bits per heavy atom. The minimum absolute atomic E-state index is 0.250. The van der Waals surface area contributed by atoms with Crippen molar-refractivity contribution in [2.24, 2.45) is 0 Å². The lowest BCUT2D eigenvalue weighted by atomic mass is 9.90. The van der Waals surface area contributed by atoms with Crippen molar-refractivity contribution in [1.29, 1.82) is 0 Å². The lowest BCUT2D eigenvalue weighted by molar-refractivity contribution is -0.191. The molecule has 1 saturated carbocycles. The number of amides is 1. The third-order valence-corrected chi connectivity index (χ3v) is 7.01. The number of anilines is 1. The highest BCUT2D eigenvalue weighted by Crippen LogP contribution is 2.45. The van der Waals surface area contributed by atoms with E-state index in [1.807, 2.05) is 30.3 Å². The molecule has 3 fully saturated rings. The minimum Gasteiger partial charge on any atom is -0.441 e. The first-order valence-electron chi connectivity index (χ1n) is 11.6. The quantitative estimate of drug-likeness (QED) is 0.585. The molecular weight excluding hydrogens is 461 g/mol. The van der Waals surface area contributed by atoms with Crippen LogP contribution in [0, 0.1) is 6.92 Å². The summed E-state index contributed by atoms with van der Waals surface area (Å²) in [6.45, 7) is 3.95. The van der Waals surface area contributed by atoms with Crippen LogP contribution in [0.4, 0.5) is 23.7 Å². The van der Waals surface area contributed by atoms with Crippen molar-refractivity contribution in [3.63, 3.8) is 0 Å². The van der Waals surface area contributed by atoms with Gasteiger partial charge in [0.15, 0.2) is 0 Å². The molecule has 1 amide bonds. The van der Waals surface area contributed by atoms with Crippen LogP contribution in [0.1, 0.15) is 53.9 Å². The monoisotopic (exact) mass is 488 g/mol. The summed E-state index contributed by atoms with van der Waals surface area (Å²) in [5.74, 6) is 0.386. The second-order valence-electron chi connectivity index (χ2n) is 9.47. The van der Waals surface area contributed by atoms with Crippen LogP contribution >= 0.6 is 0 Å². The van der Waals surface area contributed by atoms with Crippen molar-refractivity contribution in [3.8, 4) is 0 Å². The Bertz CT molecular complexity index is 1100. The van der Waals surface area contributed by atoms with E-state index < -0.39 is 17.3 Å². The largest absolute Gasteiger partial charge is 0.441 e. The standard InChI is InChI=1S/C25H27F3N2O2.CO2/c1-17-13-21(18-7-8-18)19(14-22(17)25(26,27)28)15-29-11-9-24(10-12-29)16-30(23(31)32-24)20-5-3-2-4-6-20;2-1-3/h2-6,13-14,18H,7-12,15-16H2,1H3;. The van der Waals surface area contributed by atoms with Crippen molar-refractivity contribution in [2.75, 3.05) is 24.5 Å². The smallest absolute Gasteiger partial charge is 0.416 e. The van der Waals surface area contributed by atoms with Crippen LogP contribution in [0.2, 0.25) is 0 Å². The third kappa shape index (κ3) is 5.57. The van der Waals surface area contributed by atoms with Gasteiger partial charge in [-0.05, 0) is 60.6 Å². The fourth-order valence-electron chi connectivity index (χ4n) is 5.04. The second kappa shape index (κ2) is 9.84. The number of aryl methyl sites for hydroxylation is 1. The molecule has 0 unspecified atom stereocenters. The van der Waals surface area contributed by atoms with E-state index in [9.17, 15) is 18.0 Å². The molecule has 0 N–H and O–H groups in total. The number of ether oxygens (including phenoxy) is 1. The summed E-state index contributed by atoms with van der Waals surface area (Å²) >= 11 is 0. The maximum Gasteiger partial charge on any atom is 0.416 e. The van der Waals surface area contributed by atoms with Crippen molar-refractivity contribution in [1.82, 2.24) is 4.90 Å². The molecule has 35 heavy (non-hydrogen) atoms. The lowest BCUT2D eigenvalue weighted by Crippen LogP contribution is -2.46. The SMILES string of the molecule is Cc1cc(C2CC2)c(CN2CCC3(CC2)CN(c2ccccc2)C(=O)O3)cc1C(F)(F)F.O=C=O. The van der Waals surface area contributed by atoms with Gasteiger partial charge >= 0.3 is 18.4 Å². The molecule has 2 heterocycles. The summed E-state index contributed by atoms with van der Waals surface area (Å²) in [5.41, 5.74) is 1.93. The molecule has 2 aromatic rings. The lowest BCUT2D eigenvalue weighted by Gasteiger charge is -2.37. The first kappa shape index (κ1) is 24.9. The van der Waals surface area contributed by atoms with Crippen LogP contribution in [0.15, 0.2) is 42.5 Å². The Morgan fingerprint density at radius 3 is 2.29 bits per heavy atom. The van der Waals surface area contributed by atoms with Crippen LogP contribution in [0.25, 0.3) is 0 Å². The molecule has 0 radical (unpaired) electrons. The fraction of sp³-hybridized carbons (Fsp3) is 0.462. The molecular formula is C26H27F3N2O4. The summed E-state index contributed by atoms with van der Waals surface area (Å²) in [6.07, 6.45) is -0.962. The normalized spacial score (nSPS) is 19.7. The molecule has 1 aliphatic carbocycles. The van der Waals surface area contributed by atoms with Crippen molar-refractivity contribution in [3.05, 3.63) is 64.7 Å². The molecule has 9 heteroatoms. The number of hydrogen-bond donors (Lipinski definition) is 0. The number of nitrogens with zero attached hydrogens (tertiary/aromatic N) is 2. The van der Waals surface area contributed by atoms with Gasteiger partial charge in [-0.25, -0.2) is 4.79 Å². The zero-order valence-electron chi connectivity index (χ0n) is 19.4. The summed E-state index contributed by atoms with van der Waals surface area (Å²) in [6, 6.07) is 12.6. The zero-order valence-corrected chi connectivity index (χ0v) is 19.4. The predicted octanol–water partition coefficient (Wildman–Crippen LogP) is 5.30. The average molecular weight is 489 g/mol. The molecule has 2 aliphatic heterocycles. The third-order valence-electron chi connectivity index (χ3n) is 7.01. The highest BCUT2D eigenvalue weighted by Gasteiger charge is 2.47. The minimum atomic E-state index is -4.34. The van der Waals surface area contributed by atoms with E-state index in [1.165, 1.54) is 6.07 Å². The Balaban J connectivity index is 0.000000917. The Morgan fingerprint density at radius 1 is 1.09 bits per heavy atom. The molecule has 0 bridgehead atoms. The number of carbonyl (C=O) groups is 1. The van der Waals surface area contributed by atoms with Gasteiger partial charge in [0, 0.05) is 38.2 Å². The number of rotatable bonds is 4.